The third-order valence-corrected chi connectivity index (χ3v) is 1.88. The van der Waals surface area contributed by atoms with Gasteiger partial charge in [0.25, 0.3) is 0 Å². The fraction of sp³-hybridized carbons (Fsp3) is 0.250. The number of amides is 4. The first-order chi connectivity index (χ1) is 6.29. The van der Waals surface area contributed by atoms with Gasteiger partial charge in [0.1, 0.15) is 0 Å². The molecule has 0 bridgehead atoms. The monoisotopic (exact) mass is 177 g/mol. The van der Waals surface area contributed by atoms with Crippen LogP contribution in [0.25, 0.3) is 0 Å². The predicted molar refractivity (Wildman–Crippen MR) is 43.9 cm³/mol. The number of carbonyl (C=O) groups excluding carboxylic acids is 2. The van der Waals surface area contributed by atoms with Gasteiger partial charge in [-0.05, 0) is 18.9 Å². The highest BCUT2D eigenvalue weighted by atomic mass is 16.2. The Bertz CT molecular complexity index is 336. The minimum absolute atomic E-state index is 0.591. The maximum absolute atomic E-state index is 11.1. The molecule has 0 radical (unpaired) electrons. The van der Waals surface area contributed by atoms with Gasteiger partial charge in [-0.25, -0.2) is 14.5 Å². The van der Waals surface area contributed by atoms with Crippen LogP contribution >= 0.6 is 0 Å². The second-order valence-electron chi connectivity index (χ2n) is 2.73. The molecule has 5 nitrogen and oxygen atoms in total. The second-order valence-corrected chi connectivity index (χ2v) is 2.73. The average Bonchev–Trinajstić information content (AvgIpc) is 2.48. The second kappa shape index (κ2) is 2.93. The Morgan fingerprint density at radius 1 is 1.23 bits per heavy atom. The molecule has 0 N–H and O–H groups in total. The van der Waals surface area contributed by atoms with Crippen LogP contribution in [0.15, 0.2) is 34.2 Å². The Hall–Kier alpha value is -1.78. The molecule has 0 fully saturated rings. The Kier molecular flexibility index (Phi) is 1.77. The summed E-state index contributed by atoms with van der Waals surface area (Å²) < 4.78 is 0. The maximum Gasteiger partial charge on any atom is 0.374 e. The SMILES string of the molecule is O=C1N=NC(=O)N1C1=CC=CCC1. The van der Waals surface area contributed by atoms with Crippen molar-refractivity contribution in [2.45, 2.75) is 12.8 Å². The molecule has 4 amide bonds. The van der Waals surface area contributed by atoms with Gasteiger partial charge in [0, 0.05) is 5.70 Å². The number of carbonyl (C=O) groups is 2. The van der Waals surface area contributed by atoms with Gasteiger partial charge >= 0.3 is 12.1 Å². The van der Waals surface area contributed by atoms with Crippen LogP contribution in [0.1, 0.15) is 12.8 Å². The third-order valence-electron chi connectivity index (χ3n) is 1.88. The summed E-state index contributed by atoms with van der Waals surface area (Å²) in [5.74, 6) is 0. The number of hydrogen-bond acceptors (Lipinski definition) is 2. The number of rotatable bonds is 1. The predicted octanol–water partition coefficient (Wildman–Crippen LogP) is 2.23. The average molecular weight is 177 g/mol. The standard InChI is InChI=1S/C8H7N3O2/c12-7-9-10-8(13)11(7)6-4-2-1-3-5-6/h1-2,4H,3,5H2. The minimum atomic E-state index is -0.591. The first-order valence-corrected chi connectivity index (χ1v) is 3.94. The summed E-state index contributed by atoms with van der Waals surface area (Å²) in [6, 6.07) is -1.18. The smallest absolute Gasteiger partial charge is 0.243 e. The maximum atomic E-state index is 11.1. The molecule has 0 saturated heterocycles. The third kappa shape index (κ3) is 1.28. The lowest BCUT2D eigenvalue weighted by atomic mass is 10.1. The van der Waals surface area contributed by atoms with Crippen molar-refractivity contribution in [3.05, 3.63) is 23.9 Å². The van der Waals surface area contributed by atoms with Crippen LogP contribution in [0.4, 0.5) is 9.59 Å². The first kappa shape index (κ1) is 7.85. The van der Waals surface area contributed by atoms with Crippen molar-refractivity contribution in [2.24, 2.45) is 10.2 Å². The number of azo groups is 1. The number of allylic oxidation sites excluding steroid dienone is 4. The molecular formula is C8H7N3O2. The van der Waals surface area contributed by atoms with E-state index >= 15 is 0 Å². The van der Waals surface area contributed by atoms with Gasteiger partial charge in [0.15, 0.2) is 0 Å². The number of hydrogen-bond donors (Lipinski definition) is 0. The number of imide groups is 1. The van der Waals surface area contributed by atoms with Gasteiger partial charge in [-0.3, -0.25) is 0 Å². The van der Waals surface area contributed by atoms with E-state index in [9.17, 15) is 9.59 Å². The zero-order chi connectivity index (χ0) is 9.26. The van der Waals surface area contributed by atoms with Gasteiger partial charge in [-0.1, -0.05) is 22.4 Å². The van der Waals surface area contributed by atoms with E-state index in [1.807, 2.05) is 12.2 Å². The van der Waals surface area contributed by atoms with Crippen molar-refractivity contribution in [2.75, 3.05) is 0 Å². The Morgan fingerprint density at radius 3 is 2.46 bits per heavy atom. The molecule has 1 aliphatic carbocycles. The fourth-order valence-corrected chi connectivity index (χ4v) is 1.28. The van der Waals surface area contributed by atoms with Crippen LogP contribution in [-0.2, 0) is 0 Å². The fourth-order valence-electron chi connectivity index (χ4n) is 1.28. The Labute approximate surface area is 74.4 Å². The van der Waals surface area contributed by atoms with E-state index < -0.39 is 12.1 Å². The van der Waals surface area contributed by atoms with Crippen molar-refractivity contribution >= 4 is 12.1 Å². The summed E-state index contributed by atoms with van der Waals surface area (Å²) in [5, 5.41) is 6.34. The Balaban J connectivity index is 2.26. The molecule has 1 aliphatic heterocycles. The van der Waals surface area contributed by atoms with E-state index in [-0.39, 0.29) is 0 Å². The van der Waals surface area contributed by atoms with Crippen LogP contribution in [-0.4, -0.2) is 17.0 Å². The van der Waals surface area contributed by atoms with Gasteiger partial charge in [0.2, 0.25) is 0 Å². The largest absolute Gasteiger partial charge is 0.374 e. The Morgan fingerprint density at radius 2 is 1.92 bits per heavy atom. The van der Waals surface area contributed by atoms with Crippen LogP contribution in [0.5, 0.6) is 0 Å². The molecule has 5 heteroatoms. The van der Waals surface area contributed by atoms with E-state index in [4.69, 9.17) is 0 Å². The number of urea groups is 2. The molecule has 66 valence electrons. The quantitative estimate of drug-likeness (QED) is 0.616. The first-order valence-electron chi connectivity index (χ1n) is 3.94. The molecular weight excluding hydrogens is 170 g/mol. The molecule has 2 aliphatic rings. The molecule has 2 rings (SSSR count). The van der Waals surface area contributed by atoms with Crippen LogP contribution in [0, 0.1) is 0 Å². The minimum Gasteiger partial charge on any atom is -0.243 e. The van der Waals surface area contributed by atoms with Gasteiger partial charge < -0.3 is 0 Å². The van der Waals surface area contributed by atoms with Crippen molar-refractivity contribution in [1.29, 1.82) is 0 Å². The normalized spacial score (nSPS) is 21.2. The molecule has 0 unspecified atom stereocenters. The molecule has 13 heavy (non-hydrogen) atoms. The van der Waals surface area contributed by atoms with E-state index in [1.54, 1.807) is 6.08 Å². The zero-order valence-electron chi connectivity index (χ0n) is 6.80. The van der Waals surface area contributed by atoms with Crippen LogP contribution in [0.3, 0.4) is 0 Å². The van der Waals surface area contributed by atoms with Crippen molar-refractivity contribution in [3.8, 4) is 0 Å². The summed E-state index contributed by atoms with van der Waals surface area (Å²) >= 11 is 0. The van der Waals surface area contributed by atoms with Crippen molar-refractivity contribution in [3.63, 3.8) is 0 Å². The molecule has 0 saturated carbocycles. The van der Waals surface area contributed by atoms with Crippen LogP contribution < -0.4 is 0 Å². The lowest BCUT2D eigenvalue weighted by Gasteiger charge is -2.15. The van der Waals surface area contributed by atoms with Gasteiger partial charge in [-0.2, -0.15) is 0 Å². The molecule has 0 atom stereocenters. The molecule has 0 aromatic carbocycles. The summed E-state index contributed by atoms with van der Waals surface area (Å²) in [5.41, 5.74) is 0.669. The topological polar surface area (TPSA) is 62.1 Å². The van der Waals surface area contributed by atoms with Crippen molar-refractivity contribution < 1.29 is 9.59 Å². The summed E-state index contributed by atoms with van der Waals surface area (Å²) in [6.45, 7) is 0. The lowest BCUT2D eigenvalue weighted by Crippen LogP contribution is -2.27. The van der Waals surface area contributed by atoms with E-state index in [1.165, 1.54) is 0 Å². The van der Waals surface area contributed by atoms with E-state index in [0.29, 0.717) is 12.1 Å². The zero-order valence-corrected chi connectivity index (χ0v) is 6.80. The van der Waals surface area contributed by atoms with Crippen LogP contribution in [0.2, 0.25) is 0 Å². The molecule has 1 heterocycles. The van der Waals surface area contributed by atoms with E-state index in [0.717, 1.165) is 11.3 Å². The summed E-state index contributed by atoms with van der Waals surface area (Å²) in [7, 11) is 0. The van der Waals surface area contributed by atoms with Crippen molar-refractivity contribution in [1.82, 2.24) is 4.90 Å². The summed E-state index contributed by atoms with van der Waals surface area (Å²) in [4.78, 5) is 23.1. The van der Waals surface area contributed by atoms with E-state index in [2.05, 4.69) is 10.2 Å². The lowest BCUT2D eigenvalue weighted by molar-refractivity contribution is 0.214. The summed E-state index contributed by atoms with van der Waals surface area (Å²) in [6.07, 6.45) is 7.04. The molecule has 0 aromatic heterocycles. The molecule has 0 spiro atoms. The molecule has 0 aromatic rings. The number of nitrogens with zero attached hydrogens (tertiary/aromatic N) is 3. The highest BCUT2D eigenvalue weighted by Gasteiger charge is 2.30. The highest BCUT2D eigenvalue weighted by Crippen LogP contribution is 2.21. The highest BCUT2D eigenvalue weighted by molar-refractivity contribution is 6.00. The van der Waals surface area contributed by atoms with Gasteiger partial charge in [-0.15, -0.1) is 0 Å². The van der Waals surface area contributed by atoms with Gasteiger partial charge in [0.05, 0.1) is 0 Å².